The van der Waals surface area contributed by atoms with Crippen LogP contribution in [-0.4, -0.2) is 29.3 Å². The SMILES string of the molecule is CC(C)n1cncc1CNc1cccnc1-n1cncn1. The number of hydrogen-bond acceptors (Lipinski definition) is 5. The molecule has 0 atom stereocenters. The monoisotopic (exact) mass is 283 g/mol. The van der Waals surface area contributed by atoms with Gasteiger partial charge < -0.3 is 9.88 Å². The molecule has 0 aliphatic heterocycles. The third-order valence-corrected chi connectivity index (χ3v) is 3.19. The molecule has 0 unspecified atom stereocenters. The zero-order valence-corrected chi connectivity index (χ0v) is 12.0. The first kappa shape index (κ1) is 13.3. The predicted molar refractivity (Wildman–Crippen MR) is 79.1 cm³/mol. The minimum Gasteiger partial charge on any atom is -0.376 e. The average Bonchev–Trinajstić information content (AvgIpc) is 3.16. The fourth-order valence-corrected chi connectivity index (χ4v) is 2.15. The first-order valence-electron chi connectivity index (χ1n) is 6.80. The largest absolute Gasteiger partial charge is 0.376 e. The number of pyridine rings is 1. The summed E-state index contributed by atoms with van der Waals surface area (Å²) in [5.41, 5.74) is 2.03. The van der Waals surface area contributed by atoms with Crippen molar-refractivity contribution in [3.05, 3.63) is 49.2 Å². The molecule has 3 aromatic heterocycles. The van der Waals surface area contributed by atoms with Gasteiger partial charge >= 0.3 is 0 Å². The number of nitrogens with zero attached hydrogens (tertiary/aromatic N) is 6. The highest BCUT2D eigenvalue weighted by Gasteiger charge is 2.09. The summed E-state index contributed by atoms with van der Waals surface area (Å²) >= 11 is 0. The Bertz CT molecular complexity index is 700. The lowest BCUT2D eigenvalue weighted by Gasteiger charge is -2.14. The molecule has 3 rings (SSSR count). The van der Waals surface area contributed by atoms with Gasteiger partial charge in [-0.15, -0.1) is 0 Å². The van der Waals surface area contributed by atoms with Crippen molar-refractivity contribution < 1.29 is 0 Å². The maximum absolute atomic E-state index is 4.35. The van der Waals surface area contributed by atoms with Crippen molar-refractivity contribution in [3.8, 4) is 5.82 Å². The molecule has 3 heterocycles. The molecule has 0 aromatic carbocycles. The minimum absolute atomic E-state index is 0.382. The van der Waals surface area contributed by atoms with Crippen LogP contribution in [0.25, 0.3) is 5.82 Å². The van der Waals surface area contributed by atoms with Gasteiger partial charge in [-0.05, 0) is 26.0 Å². The van der Waals surface area contributed by atoms with Gasteiger partial charge in [-0.1, -0.05) is 0 Å². The van der Waals surface area contributed by atoms with E-state index in [-0.39, 0.29) is 0 Å². The Labute approximate surface area is 122 Å². The smallest absolute Gasteiger partial charge is 0.178 e. The lowest BCUT2D eigenvalue weighted by Crippen LogP contribution is -2.11. The van der Waals surface area contributed by atoms with E-state index in [1.54, 1.807) is 17.2 Å². The molecule has 0 saturated carbocycles. The van der Waals surface area contributed by atoms with Gasteiger partial charge in [-0.2, -0.15) is 5.10 Å². The maximum Gasteiger partial charge on any atom is 0.178 e. The number of imidazole rings is 1. The molecule has 0 fully saturated rings. The highest BCUT2D eigenvalue weighted by molar-refractivity contribution is 5.56. The van der Waals surface area contributed by atoms with Gasteiger partial charge in [0.2, 0.25) is 0 Å². The molecule has 0 saturated heterocycles. The fourth-order valence-electron chi connectivity index (χ4n) is 2.15. The number of anilines is 1. The number of rotatable bonds is 5. The number of nitrogens with one attached hydrogen (secondary N) is 1. The second-order valence-electron chi connectivity index (χ2n) is 4.95. The fraction of sp³-hybridized carbons (Fsp3) is 0.286. The summed E-state index contributed by atoms with van der Waals surface area (Å²) in [5.74, 6) is 0.727. The van der Waals surface area contributed by atoms with Gasteiger partial charge in [-0.25, -0.2) is 19.6 Å². The lowest BCUT2D eigenvalue weighted by atomic mass is 10.3. The zero-order valence-electron chi connectivity index (χ0n) is 12.0. The van der Waals surface area contributed by atoms with Crippen LogP contribution in [0.4, 0.5) is 5.69 Å². The lowest BCUT2D eigenvalue weighted by molar-refractivity contribution is 0.577. The molecule has 0 aliphatic rings. The van der Waals surface area contributed by atoms with Crippen LogP contribution in [0, 0.1) is 0 Å². The van der Waals surface area contributed by atoms with Gasteiger partial charge in [-0.3, -0.25) is 0 Å². The standard InChI is InChI=1S/C14H17N7/c1-11(2)20-9-15-6-12(20)7-18-13-4-3-5-17-14(13)21-10-16-8-19-21/h3-6,8-11,18H,7H2,1-2H3. The van der Waals surface area contributed by atoms with E-state index < -0.39 is 0 Å². The minimum atomic E-state index is 0.382. The molecule has 0 radical (unpaired) electrons. The van der Waals surface area contributed by atoms with Crippen LogP contribution in [0.15, 0.2) is 43.5 Å². The van der Waals surface area contributed by atoms with Crippen molar-refractivity contribution in [1.82, 2.24) is 29.3 Å². The molecule has 21 heavy (non-hydrogen) atoms. The van der Waals surface area contributed by atoms with E-state index >= 15 is 0 Å². The van der Waals surface area contributed by atoms with Crippen LogP contribution in [0.3, 0.4) is 0 Å². The van der Waals surface area contributed by atoms with Gasteiger partial charge in [0, 0.05) is 18.4 Å². The molecule has 7 heteroatoms. The molecular weight excluding hydrogens is 266 g/mol. The Morgan fingerprint density at radius 2 is 2.14 bits per heavy atom. The van der Waals surface area contributed by atoms with Gasteiger partial charge in [0.1, 0.15) is 12.7 Å². The second kappa shape index (κ2) is 5.74. The van der Waals surface area contributed by atoms with Crippen LogP contribution in [0.2, 0.25) is 0 Å². The molecule has 108 valence electrons. The molecule has 3 aromatic rings. The topological polar surface area (TPSA) is 73.5 Å². The van der Waals surface area contributed by atoms with Crippen LogP contribution in [-0.2, 0) is 6.54 Å². The van der Waals surface area contributed by atoms with Crippen LogP contribution in [0.5, 0.6) is 0 Å². The highest BCUT2D eigenvalue weighted by Crippen LogP contribution is 2.17. The van der Waals surface area contributed by atoms with Gasteiger partial charge in [0.05, 0.1) is 24.3 Å². The van der Waals surface area contributed by atoms with Crippen molar-refractivity contribution in [3.63, 3.8) is 0 Å². The Morgan fingerprint density at radius 1 is 1.24 bits per heavy atom. The Hall–Kier alpha value is -2.70. The van der Waals surface area contributed by atoms with E-state index in [1.165, 1.54) is 6.33 Å². The Balaban J connectivity index is 1.81. The van der Waals surface area contributed by atoms with Crippen LogP contribution < -0.4 is 5.32 Å². The number of hydrogen-bond donors (Lipinski definition) is 1. The molecule has 0 amide bonds. The van der Waals surface area contributed by atoms with Crippen LogP contribution >= 0.6 is 0 Å². The molecule has 0 bridgehead atoms. The third-order valence-electron chi connectivity index (χ3n) is 3.19. The summed E-state index contributed by atoms with van der Waals surface area (Å²) < 4.78 is 3.78. The van der Waals surface area contributed by atoms with Crippen LogP contribution in [0.1, 0.15) is 25.6 Å². The Morgan fingerprint density at radius 3 is 2.90 bits per heavy atom. The molecule has 7 nitrogen and oxygen atoms in total. The summed E-state index contributed by atoms with van der Waals surface area (Å²) in [6, 6.07) is 4.25. The van der Waals surface area contributed by atoms with Crippen molar-refractivity contribution in [2.45, 2.75) is 26.4 Å². The molecule has 1 N–H and O–H groups in total. The first-order valence-corrected chi connectivity index (χ1v) is 6.80. The summed E-state index contributed by atoms with van der Waals surface area (Å²) in [4.78, 5) is 12.5. The van der Waals surface area contributed by atoms with Crippen molar-refractivity contribution in [1.29, 1.82) is 0 Å². The second-order valence-corrected chi connectivity index (χ2v) is 4.95. The predicted octanol–water partition coefficient (Wildman–Crippen LogP) is 2.05. The van der Waals surface area contributed by atoms with Gasteiger partial charge in [0.15, 0.2) is 5.82 Å². The first-order chi connectivity index (χ1) is 10.3. The molecular formula is C14H17N7. The van der Waals surface area contributed by atoms with Crippen molar-refractivity contribution in [2.24, 2.45) is 0 Å². The van der Waals surface area contributed by atoms with E-state index in [0.717, 1.165) is 17.2 Å². The molecule has 0 aliphatic carbocycles. The van der Waals surface area contributed by atoms with E-state index in [9.17, 15) is 0 Å². The third kappa shape index (κ3) is 2.76. The molecule has 0 spiro atoms. The summed E-state index contributed by atoms with van der Waals surface area (Å²) in [7, 11) is 0. The van der Waals surface area contributed by atoms with E-state index in [2.05, 4.69) is 43.8 Å². The summed E-state index contributed by atoms with van der Waals surface area (Å²) in [6.07, 6.45) is 8.58. The quantitative estimate of drug-likeness (QED) is 0.775. The average molecular weight is 283 g/mol. The highest BCUT2D eigenvalue weighted by atomic mass is 15.3. The van der Waals surface area contributed by atoms with Gasteiger partial charge in [0.25, 0.3) is 0 Å². The van der Waals surface area contributed by atoms with E-state index in [0.29, 0.717) is 12.6 Å². The summed E-state index contributed by atoms with van der Waals surface area (Å²) in [5, 5.41) is 7.51. The van der Waals surface area contributed by atoms with E-state index in [4.69, 9.17) is 0 Å². The maximum atomic E-state index is 4.35. The zero-order chi connectivity index (χ0) is 14.7. The number of aromatic nitrogens is 6. The normalized spacial score (nSPS) is 11.0. The van der Waals surface area contributed by atoms with Crippen molar-refractivity contribution >= 4 is 5.69 Å². The summed E-state index contributed by atoms with van der Waals surface area (Å²) in [6.45, 7) is 4.94. The van der Waals surface area contributed by atoms with E-state index in [1.807, 2.05) is 24.7 Å². The van der Waals surface area contributed by atoms with Crippen molar-refractivity contribution in [2.75, 3.05) is 5.32 Å². The Kier molecular flexibility index (Phi) is 3.63.